The van der Waals surface area contributed by atoms with Crippen molar-refractivity contribution < 1.29 is 4.92 Å². The highest BCUT2D eigenvalue weighted by Crippen LogP contribution is 2.21. The Balaban J connectivity index is 3.22. The van der Waals surface area contributed by atoms with Gasteiger partial charge in [0.15, 0.2) is 0 Å². The van der Waals surface area contributed by atoms with Crippen LogP contribution in [0.15, 0.2) is 24.3 Å². The van der Waals surface area contributed by atoms with E-state index in [1.807, 2.05) is 6.07 Å². The second-order valence-corrected chi connectivity index (χ2v) is 3.35. The molecule has 0 unspecified atom stereocenters. The molecule has 0 aliphatic carbocycles. The molecule has 5 heteroatoms. The van der Waals surface area contributed by atoms with E-state index < -0.39 is 4.92 Å². The summed E-state index contributed by atoms with van der Waals surface area (Å²) in [6.07, 6.45) is 3.41. The maximum Gasteiger partial charge on any atom is 0.277 e. The van der Waals surface area contributed by atoms with E-state index in [1.54, 1.807) is 24.3 Å². The lowest BCUT2D eigenvalue weighted by atomic mass is 10.1. The smallest absolute Gasteiger partial charge is 0.258 e. The van der Waals surface area contributed by atoms with Gasteiger partial charge in [0, 0.05) is 11.4 Å². The van der Waals surface area contributed by atoms with E-state index in [1.165, 1.54) is 6.07 Å². The van der Waals surface area contributed by atoms with E-state index >= 15 is 0 Å². The van der Waals surface area contributed by atoms with Gasteiger partial charge in [-0.05, 0) is 12.1 Å². The summed E-state index contributed by atoms with van der Waals surface area (Å²) in [6, 6.07) is 6.26. The van der Waals surface area contributed by atoms with Gasteiger partial charge in [-0.25, -0.2) is 0 Å². The number of nitro benzene ring substituents is 1. The summed E-state index contributed by atoms with van der Waals surface area (Å²) in [5.41, 5.74) is 0.738. The first-order valence-corrected chi connectivity index (χ1v) is 5.22. The van der Waals surface area contributed by atoms with Crippen molar-refractivity contribution in [3.05, 3.63) is 45.5 Å². The van der Waals surface area contributed by atoms with Gasteiger partial charge < -0.3 is 0 Å². The summed E-state index contributed by atoms with van der Waals surface area (Å²) in [5, 5.41) is 19.9. The SMILES string of the molecule is N#Cc1ccc(C=CCBr)c([N+](=O)[O-])c1. The molecular formula is C10H7BrN2O2. The molecule has 76 valence electrons. The Hall–Kier alpha value is -1.67. The van der Waals surface area contributed by atoms with Crippen LogP contribution in [0, 0.1) is 21.4 Å². The molecule has 1 aromatic rings. The minimum absolute atomic E-state index is 0.0498. The van der Waals surface area contributed by atoms with E-state index in [2.05, 4.69) is 15.9 Å². The number of hydrogen-bond donors (Lipinski definition) is 0. The van der Waals surface area contributed by atoms with E-state index in [0.717, 1.165) is 0 Å². The highest BCUT2D eigenvalue weighted by molar-refractivity contribution is 9.09. The average molecular weight is 267 g/mol. The quantitative estimate of drug-likeness (QED) is 0.480. The van der Waals surface area contributed by atoms with Gasteiger partial charge in [0.05, 0.1) is 22.1 Å². The van der Waals surface area contributed by atoms with Crippen molar-refractivity contribution in [1.82, 2.24) is 0 Å². The van der Waals surface area contributed by atoms with Crippen molar-refractivity contribution in [3.63, 3.8) is 0 Å². The molecule has 1 aromatic carbocycles. The standard InChI is InChI=1S/C10H7BrN2O2/c11-5-1-2-9-4-3-8(7-12)6-10(9)13(14)15/h1-4,6H,5H2. The molecule has 0 heterocycles. The summed E-state index contributed by atoms with van der Waals surface area (Å²) in [7, 11) is 0. The lowest BCUT2D eigenvalue weighted by Gasteiger charge is -1.97. The fourth-order valence-corrected chi connectivity index (χ4v) is 1.27. The minimum Gasteiger partial charge on any atom is -0.258 e. The van der Waals surface area contributed by atoms with Crippen LogP contribution in [0.4, 0.5) is 5.69 Å². The third-order valence-corrected chi connectivity index (χ3v) is 2.12. The van der Waals surface area contributed by atoms with Crippen molar-refractivity contribution in [2.45, 2.75) is 0 Å². The van der Waals surface area contributed by atoms with Crippen molar-refractivity contribution in [2.75, 3.05) is 5.33 Å². The summed E-state index contributed by atoms with van der Waals surface area (Å²) in [6.45, 7) is 0. The number of nitriles is 1. The fraction of sp³-hybridized carbons (Fsp3) is 0.100. The normalized spacial score (nSPS) is 10.1. The van der Waals surface area contributed by atoms with Crippen LogP contribution in [-0.4, -0.2) is 10.3 Å². The Bertz CT molecular complexity index is 449. The molecule has 4 nitrogen and oxygen atoms in total. The minimum atomic E-state index is -0.491. The second-order valence-electron chi connectivity index (χ2n) is 2.70. The number of nitrogens with zero attached hydrogens (tertiary/aromatic N) is 2. The van der Waals surface area contributed by atoms with Gasteiger partial charge in [0.1, 0.15) is 0 Å². The van der Waals surface area contributed by atoms with Crippen LogP contribution in [0.25, 0.3) is 6.08 Å². The van der Waals surface area contributed by atoms with Gasteiger partial charge in [-0.3, -0.25) is 10.1 Å². The van der Waals surface area contributed by atoms with E-state index in [0.29, 0.717) is 10.9 Å². The zero-order valence-corrected chi connectivity index (χ0v) is 9.27. The fourth-order valence-electron chi connectivity index (χ4n) is 1.08. The molecule has 0 amide bonds. The number of alkyl halides is 1. The summed E-state index contributed by atoms with van der Waals surface area (Å²) in [4.78, 5) is 10.2. The Labute approximate surface area is 95.1 Å². The van der Waals surface area contributed by atoms with Crippen LogP contribution in [0.5, 0.6) is 0 Å². The lowest BCUT2D eigenvalue weighted by Crippen LogP contribution is -1.92. The first-order chi connectivity index (χ1) is 7.19. The predicted octanol–water partition coefficient (Wildman–Crippen LogP) is 2.87. The molecular weight excluding hydrogens is 260 g/mol. The number of nitro groups is 1. The van der Waals surface area contributed by atoms with Crippen LogP contribution < -0.4 is 0 Å². The van der Waals surface area contributed by atoms with Crippen molar-refractivity contribution in [1.29, 1.82) is 5.26 Å². The molecule has 0 aliphatic heterocycles. The highest BCUT2D eigenvalue weighted by Gasteiger charge is 2.11. The molecule has 1 rings (SSSR count). The Morgan fingerprint density at radius 3 is 2.87 bits per heavy atom. The Kier molecular flexibility index (Phi) is 4.01. The van der Waals surface area contributed by atoms with Gasteiger partial charge in [0.25, 0.3) is 5.69 Å². The molecule has 0 saturated heterocycles. The maximum absolute atomic E-state index is 10.7. The molecule has 0 aliphatic rings. The van der Waals surface area contributed by atoms with Crippen molar-refractivity contribution in [2.24, 2.45) is 0 Å². The molecule has 0 saturated carbocycles. The summed E-state index contributed by atoms with van der Waals surface area (Å²) < 4.78 is 0. The lowest BCUT2D eigenvalue weighted by molar-refractivity contribution is -0.385. The van der Waals surface area contributed by atoms with Crippen molar-refractivity contribution >= 4 is 27.7 Å². The van der Waals surface area contributed by atoms with E-state index in [-0.39, 0.29) is 11.3 Å². The van der Waals surface area contributed by atoms with Gasteiger partial charge in [0.2, 0.25) is 0 Å². The van der Waals surface area contributed by atoms with E-state index in [9.17, 15) is 10.1 Å². The molecule has 0 radical (unpaired) electrons. The third kappa shape index (κ3) is 2.89. The zero-order chi connectivity index (χ0) is 11.3. The van der Waals surface area contributed by atoms with Gasteiger partial charge >= 0.3 is 0 Å². The molecule has 15 heavy (non-hydrogen) atoms. The molecule has 0 atom stereocenters. The monoisotopic (exact) mass is 266 g/mol. The molecule has 0 bridgehead atoms. The first kappa shape index (κ1) is 11.4. The largest absolute Gasteiger partial charge is 0.277 e. The number of allylic oxidation sites excluding steroid dienone is 1. The summed E-state index contributed by atoms with van der Waals surface area (Å²) >= 11 is 3.19. The van der Waals surface area contributed by atoms with Gasteiger partial charge in [-0.2, -0.15) is 5.26 Å². The number of rotatable bonds is 3. The predicted molar refractivity (Wildman–Crippen MR) is 60.6 cm³/mol. The Morgan fingerprint density at radius 1 is 1.60 bits per heavy atom. The third-order valence-electron chi connectivity index (χ3n) is 1.74. The number of halogens is 1. The highest BCUT2D eigenvalue weighted by atomic mass is 79.9. The molecule has 0 aromatic heterocycles. The van der Waals surface area contributed by atoms with Crippen LogP contribution >= 0.6 is 15.9 Å². The van der Waals surface area contributed by atoms with Crippen molar-refractivity contribution in [3.8, 4) is 6.07 Å². The summed E-state index contributed by atoms with van der Waals surface area (Å²) in [5.74, 6) is 0. The van der Waals surface area contributed by atoms with Gasteiger partial charge in [-0.15, -0.1) is 0 Å². The van der Waals surface area contributed by atoms with Crippen LogP contribution in [0.3, 0.4) is 0 Å². The molecule has 0 N–H and O–H groups in total. The average Bonchev–Trinajstić information content (AvgIpc) is 2.26. The number of hydrogen-bond acceptors (Lipinski definition) is 3. The van der Waals surface area contributed by atoms with E-state index in [4.69, 9.17) is 5.26 Å². The van der Waals surface area contributed by atoms with Crippen LogP contribution in [0.1, 0.15) is 11.1 Å². The van der Waals surface area contributed by atoms with Gasteiger partial charge in [-0.1, -0.05) is 28.1 Å². The molecule has 0 fully saturated rings. The van der Waals surface area contributed by atoms with Crippen LogP contribution in [0.2, 0.25) is 0 Å². The first-order valence-electron chi connectivity index (χ1n) is 4.10. The Morgan fingerprint density at radius 2 is 2.33 bits per heavy atom. The maximum atomic E-state index is 10.7. The molecule has 0 spiro atoms. The second kappa shape index (κ2) is 5.27. The zero-order valence-electron chi connectivity index (χ0n) is 7.68. The number of benzene rings is 1. The topological polar surface area (TPSA) is 66.9 Å². The van der Waals surface area contributed by atoms with Crippen LogP contribution in [-0.2, 0) is 0 Å².